The zero-order valence-corrected chi connectivity index (χ0v) is 21.8. The number of nitrogens with zero attached hydrogens (tertiary/aromatic N) is 4. The van der Waals surface area contributed by atoms with Crippen LogP contribution in [0.2, 0.25) is 0 Å². The van der Waals surface area contributed by atoms with Crippen LogP contribution >= 0.6 is 0 Å². The van der Waals surface area contributed by atoms with Crippen molar-refractivity contribution in [1.29, 1.82) is 0 Å². The molecule has 4 aromatic carbocycles. The lowest BCUT2D eigenvalue weighted by Crippen LogP contribution is -2.06. The summed E-state index contributed by atoms with van der Waals surface area (Å²) < 4.78 is 6.27. The van der Waals surface area contributed by atoms with E-state index in [4.69, 9.17) is 14.7 Å². The molecule has 8 nitrogen and oxygen atoms in total. The summed E-state index contributed by atoms with van der Waals surface area (Å²) in [6.07, 6.45) is 3.81. The maximum atomic E-state index is 6.27. The molecule has 0 radical (unpaired) electrons. The number of fused-ring (bicyclic) bond motifs is 11. The highest BCUT2D eigenvalue weighted by Gasteiger charge is 2.22. The Bertz CT molecular complexity index is 2100. The number of rotatable bonds is 3. The fourth-order valence-corrected chi connectivity index (χ4v) is 5.74. The van der Waals surface area contributed by atoms with Gasteiger partial charge in [0.25, 0.3) is 0 Å². The van der Waals surface area contributed by atoms with E-state index in [2.05, 4.69) is 87.9 Å². The molecule has 8 rings (SSSR count). The minimum Gasteiger partial charge on any atom is -0.486 e. The first-order chi connectivity index (χ1) is 19.1. The molecule has 3 aromatic heterocycles. The van der Waals surface area contributed by atoms with Crippen molar-refractivity contribution in [3.63, 3.8) is 0 Å². The largest absolute Gasteiger partial charge is 0.486 e. The molecule has 1 aliphatic heterocycles. The number of aromatic nitrogens is 6. The van der Waals surface area contributed by atoms with Gasteiger partial charge in [-0.15, -0.1) is 0 Å². The Morgan fingerprint density at radius 1 is 0.821 bits per heavy atom. The summed E-state index contributed by atoms with van der Waals surface area (Å²) >= 11 is 0. The molecule has 0 aliphatic carbocycles. The minimum absolute atomic E-state index is 0.252. The van der Waals surface area contributed by atoms with Gasteiger partial charge in [-0.1, -0.05) is 38.1 Å². The third kappa shape index (κ3) is 3.18. The van der Waals surface area contributed by atoms with Gasteiger partial charge in [0.05, 0.1) is 17.2 Å². The molecule has 3 N–H and O–H groups in total. The van der Waals surface area contributed by atoms with Crippen LogP contribution in [0.3, 0.4) is 0 Å². The van der Waals surface area contributed by atoms with E-state index >= 15 is 0 Å². The van der Waals surface area contributed by atoms with E-state index in [0.717, 1.165) is 83.4 Å². The average molecular weight is 512 g/mol. The molecular weight excluding hydrogens is 486 g/mol. The molecule has 7 aromatic rings. The van der Waals surface area contributed by atoms with Gasteiger partial charge in [0.15, 0.2) is 5.75 Å². The standard InChI is InChI=1S/C31H25N7O/c1-15(2)30-36-26-20-7-5-17(11-22(20)23-12-33-34-13-24(23)27(26)37-30)16-4-6-19-18(10-16)14-39-29-21(19)8-9-25-28(29)38-31(32-3)35-25/h4-13,15,33H,14H2,1-3H3,(H2,32,35,38). The molecule has 8 heteroatoms. The van der Waals surface area contributed by atoms with Crippen molar-refractivity contribution in [1.82, 2.24) is 30.1 Å². The lowest BCUT2D eigenvalue weighted by Gasteiger charge is -2.22. The van der Waals surface area contributed by atoms with Gasteiger partial charge in [-0.25, -0.2) is 15.0 Å². The second kappa shape index (κ2) is 8.01. The molecule has 0 atom stereocenters. The molecule has 0 saturated heterocycles. The summed E-state index contributed by atoms with van der Waals surface area (Å²) in [7, 11) is 1.85. The molecule has 0 saturated carbocycles. The van der Waals surface area contributed by atoms with Crippen molar-refractivity contribution >= 4 is 49.6 Å². The fourth-order valence-electron chi connectivity index (χ4n) is 5.74. The van der Waals surface area contributed by atoms with Gasteiger partial charge in [-0.3, -0.25) is 5.10 Å². The lowest BCUT2D eigenvalue weighted by atomic mass is 9.91. The molecule has 0 unspecified atom stereocenters. The summed E-state index contributed by atoms with van der Waals surface area (Å²) in [4.78, 5) is 17.7. The minimum atomic E-state index is 0.252. The first-order valence-electron chi connectivity index (χ1n) is 13.1. The number of nitrogens with one attached hydrogen (secondary N) is 3. The first-order valence-corrected chi connectivity index (χ1v) is 13.1. The summed E-state index contributed by atoms with van der Waals surface area (Å²) in [6, 6.07) is 17.4. The summed E-state index contributed by atoms with van der Waals surface area (Å²) in [6.45, 7) is 4.74. The van der Waals surface area contributed by atoms with E-state index in [-0.39, 0.29) is 5.92 Å². The normalized spacial score (nSPS) is 12.8. The van der Waals surface area contributed by atoms with Gasteiger partial charge >= 0.3 is 0 Å². The average Bonchev–Trinajstić information content (AvgIpc) is 3.62. The molecule has 0 bridgehead atoms. The molecule has 0 spiro atoms. The Kier molecular flexibility index (Phi) is 4.53. The molecule has 0 amide bonds. The maximum absolute atomic E-state index is 6.27. The number of imidazole rings is 2. The molecule has 1 aliphatic rings. The number of aromatic amines is 2. The number of hydrogen-bond acceptors (Lipinski definition) is 6. The Balaban J connectivity index is 1.28. The maximum Gasteiger partial charge on any atom is 0.201 e. The van der Waals surface area contributed by atoms with E-state index in [1.54, 1.807) is 0 Å². The van der Waals surface area contributed by atoms with Gasteiger partial charge in [0.2, 0.25) is 5.95 Å². The summed E-state index contributed by atoms with van der Waals surface area (Å²) in [5.41, 5.74) is 9.33. The van der Waals surface area contributed by atoms with Gasteiger partial charge < -0.3 is 15.0 Å². The van der Waals surface area contributed by atoms with E-state index in [1.165, 1.54) is 5.56 Å². The highest BCUT2D eigenvalue weighted by molar-refractivity contribution is 6.23. The number of ether oxygens (including phenoxy) is 1. The zero-order valence-electron chi connectivity index (χ0n) is 21.8. The van der Waals surface area contributed by atoms with Crippen LogP contribution in [0, 0.1) is 0 Å². The molecule has 190 valence electrons. The number of hydrogen-bond donors (Lipinski definition) is 3. The zero-order chi connectivity index (χ0) is 26.2. The smallest absolute Gasteiger partial charge is 0.201 e. The third-order valence-electron chi connectivity index (χ3n) is 7.73. The van der Waals surface area contributed by atoms with Crippen molar-refractivity contribution < 1.29 is 4.74 Å². The highest BCUT2D eigenvalue weighted by atomic mass is 16.5. The fraction of sp³-hybridized carbons (Fsp3) is 0.161. The topological polar surface area (TPSA) is 104 Å². The van der Waals surface area contributed by atoms with Crippen molar-refractivity contribution in [3.8, 4) is 28.0 Å². The van der Waals surface area contributed by atoms with Gasteiger partial charge in [0.1, 0.15) is 23.5 Å². The van der Waals surface area contributed by atoms with E-state index in [0.29, 0.717) is 6.61 Å². The van der Waals surface area contributed by atoms with Crippen molar-refractivity contribution in [2.75, 3.05) is 12.4 Å². The second-order valence-electron chi connectivity index (χ2n) is 10.4. The molecule has 39 heavy (non-hydrogen) atoms. The summed E-state index contributed by atoms with van der Waals surface area (Å²) in [5, 5.41) is 14.7. The van der Waals surface area contributed by atoms with Gasteiger partial charge in [-0.2, -0.15) is 5.10 Å². The number of anilines is 1. The van der Waals surface area contributed by atoms with Crippen molar-refractivity contribution in [2.45, 2.75) is 26.4 Å². The predicted octanol–water partition coefficient (Wildman–Crippen LogP) is 6.93. The van der Waals surface area contributed by atoms with E-state index in [1.807, 2.05) is 19.4 Å². The van der Waals surface area contributed by atoms with Crippen LogP contribution in [0.15, 0.2) is 60.9 Å². The number of benzene rings is 4. The monoisotopic (exact) mass is 511 g/mol. The van der Waals surface area contributed by atoms with Gasteiger partial charge in [-0.05, 0) is 51.9 Å². The SMILES string of the molecule is CNc1nc2c3c(ccc2[nH]1)-c1ccc(-c2ccc4c(c2)c2c[nH]ncc2c2nc(C(C)C)nc42)cc1CO3. The van der Waals surface area contributed by atoms with Gasteiger partial charge in [0, 0.05) is 40.9 Å². The van der Waals surface area contributed by atoms with Crippen LogP contribution < -0.4 is 10.1 Å². The Hall–Kier alpha value is -4.98. The third-order valence-corrected chi connectivity index (χ3v) is 7.73. The lowest BCUT2D eigenvalue weighted by molar-refractivity contribution is 0.305. The Labute approximate surface area is 223 Å². The van der Waals surface area contributed by atoms with Crippen LogP contribution in [0.5, 0.6) is 5.75 Å². The quantitative estimate of drug-likeness (QED) is 0.222. The van der Waals surface area contributed by atoms with Crippen LogP contribution in [0.1, 0.15) is 31.2 Å². The summed E-state index contributed by atoms with van der Waals surface area (Å²) in [5.74, 6) is 2.67. The Morgan fingerprint density at radius 3 is 2.46 bits per heavy atom. The van der Waals surface area contributed by atoms with Crippen molar-refractivity contribution in [2.24, 2.45) is 0 Å². The molecule has 0 fully saturated rings. The molecule has 4 heterocycles. The van der Waals surface area contributed by atoms with Crippen LogP contribution in [-0.2, 0) is 6.61 Å². The first kappa shape index (κ1) is 22.0. The van der Waals surface area contributed by atoms with Crippen LogP contribution in [0.25, 0.3) is 65.9 Å². The van der Waals surface area contributed by atoms with Crippen LogP contribution in [0.4, 0.5) is 5.95 Å². The Morgan fingerprint density at radius 2 is 1.62 bits per heavy atom. The van der Waals surface area contributed by atoms with Crippen molar-refractivity contribution in [3.05, 3.63) is 72.3 Å². The second-order valence-corrected chi connectivity index (χ2v) is 10.4. The number of H-pyrrole nitrogens is 2. The molecular formula is C31H25N7O. The van der Waals surface area contributed by atoms with Crippen LogP contribution in [-0.4, -0.2) is 37.2 Å². The van der Waals surface area contributed by atoms with E-state index < -0.39 is 0 Å². The highest BCUT2D eigenvalue weighted by Crippen LogP contribution is 2.43. The predicted molar refractivity (Wildman–Crippen MR) is 155 cm³/mol. The van der Waals surface area contributed by atoms with E-state index in [9.17, 15) is 0 Å².